The topological polar surface area (TPSA) is 55.1 Å². The Morgan fingerprint density at radius 1 is 1.62 bits per heavy atom. The van der Waals surface area contributed by atoms with Gasteiger partial charge in [-0.15, -0.1) is 23.7 Å². The Bertz CT molecular complexity index is 343. The summed E-state index contributed by atoms with van der Waals surface area (Å²) in [5.74, 6) is 0.0714. The van der Waals surface area contributed by atoms with Crippen molar-refractivity contribution in [2.75, 3.05) is 0 Å². The van der Waals surface area contributed by atoms with Gasteiger partial charge in [0.05, 0.1) is 12.6 Å². The highest BCUT2D eigenvalue weighted by Gasteiger charge is 2.16. The molecule has 1 aromatic heterocycles. The van der Waals surface area contributed by atoms with Gasteiger partial charge in [0, 0.05) is 9.35 Å². The van der Waals surface area contributed by atoms with Gasteiger partial charge in [-0.2, -0.15) is 0 Å². The van der Waals surface area contributed by atoms with E-state index in [1.165, 1.54) is 0 Å². The molecule has 1 aromatic rings. The van der Waals surface area contributed by atoms with Gasteiger partial charge in [0.2, 0.25) is 5.91 Å². The zero-order valence-electron chi connectivity index (χ0n) is 9.20. The van der Waals surface area contributed by atoms with Crippen LogP contribution in [0.1, 0.15) is 18.7 Å². The molecule has 1 rings (SSSR count). The molecule has 0 aliphatic carbocycles. The lowest BCUT2D eigenvalue weighted by molar-refractivity contribution is -0.123. The molecule has 16 heavy (non-hydrogen) atoms. The zero-order chi connectivity index (χ0) is 11.4. The molecular weight excluding hydrogens is 312 g/mol. The van der Waals surface area contributed by atoms with Crippen LogP contribution in [-0.2, 0) is 11.3 Å². The number of carbonyl (C=O) groups is 1. The Balaban J connectivity index is 0.00000225. The fourth-order valence-electron chi connectivity index (χ4n) is 1.04. The average molecular weight is 328 g/mol. The molecule has 0 aliphatic rings. The van der Waals surface area contributed by atoms with Crippen LogP contribution in [-0.4, -0.2) is 11.9 Å². The number of halogens is 2. The smallest absolute Gasteiger partial charge is 0.237 e. The average Bonchev–Trinajstić information content (AvgIpc) is 2.59. The second-order valence-corrected chi connectivity index (χ2v) is 5.53. The quantitative estimate of drug-likeness (QED) is 0.893. The molecule has 0 unspecified atom stereocenters. The van der Waals surface area contributed by atoms with Crippen molar-refractivity contribution >= 4 is 45.6 Å². The number of rotatable bonds is 4. The summed E-state index contributed by atoms with van der Waals surface area (Å²) in [6.07, 6.45) is 0. The van der Waals surface area contributed by atoms with Crippen LogP contribution >= 0.6 is 39.7 Å². The maximum atomic E-state index is 11.5. The Morgan fingerprint density at radius 3 is 2.69 bits per heavy atom. The summed E-state index contributed by atoms with van der Waals surface area (Å²) in [5.41, 5.74) is 5.72. The van der Waals surface area contributed by atoms with Crippen molar-refractivity contribution in [2.45, 2.75) is 26.4 Å². The van der Waals surface area contributed by atoms with Crippen LogP contribution in [0, 0.1) is 5.92 Å². The van der Waals surface area contributed by atoms with Gasteiger partial charge >= 0.3 is 0 Å². The number of carbonyl (C=O) groups excluding carboxylic acids is 1. The van der Waals surface area contributed by atoms with Crippen LogP contribution in [0.15, 0.2) is 15.9 Å². The number of amides is 1. The Morgan fingerprint density at radius 2 is 2.25 bits per heavy atom. The summed E-state index contributed by atoms with van der Waals surface area (Å²) in [7, 11) is 0. The van der Waals surface area contributed by atoms with Crippen LogP contribution in [0.25, 0.3) is 0 Å². The number of thiophene rings is 1. The minimum atomic E-state index is -0.427. The molecule has 0 aromatic carbocycles. The standard InChI is InChI=1S/C10H15BrN2OS.ClH/c1-6(2)9(12)10(14)13-5-8-7(11)3-4-15-8;/h3-4,6,9H,5,12H2,1-2H3,(H,13,14);1H/t9-;/m1./s1. The van der Waals surface area contributed by atoms with Gasteiger partial charge < -0.3 is 11.1 Å². The highest BCUT2D eigenvalue weighted by molar-refractivity contribution is 9.10. The zero-order valence-corrected chi connectivity index (χ0v) is 12.4. The van der Waals surface area contributed by atoms with E-state index in [1.807, 2.05) is 25.3 Å². The molecule has 1 heterocycles. The van der Waals surface area contributed by atoms with Gasteiger partial charge in [0.15, 0.2) is 0 Å². The molecule has 0 fully saturated rings. The van der Waals surface area contributed by atoms with Crippen molar-refractivity contribution < 1.29 is 4.79 Å². The van der Waals surface area contributed by atoms with E-state index in [4.69, 9.17) is 5.73 Å². The maximum Gasteiger partial charge on any atom is 0.237 e. The first kappa shape index (κ1) is 15.9. The lowest BCUT2D eigenvalue weighted by atomic mass is 10.1. The fourth-order valence-corrected chi connectivity index (χ4v) is 2.47. The van der Waals surface area contributed by atoms with Crippen LogP contribution < -0.4 is 11.1 Å². The van der Waals surface area contributed by atoms with Crippen LogP contribution in [0.3, 0.4) is 0 Å². The number of nitrogens with one attached hydrogen (secondary N) is 1. The normalized spacial score (nSPS) is 12.1. The van der Waals surface area contributed by atoms with Crippen molar-refractivity contribution in [1.82, 2.24) is 5.32 Å². The Kier molecular flexibility index (Phi) is 7.22. The summed E-state index contributed by atoms with van der Waals surface area (Å²) >= 11 is 5.02. The Hall–Kier alpha value is -0.100. The maximum absolute atomic E-state index is 11.5. The molecule has 0 bridgehead atoms. The third-order valence-corrected chi connectivity index (χ3v) is 4.06. The molecule has 0 saturated heterocycles. The first-order valence-electron chi connectivity index (χ1n) is 4.77. The van der Waals surface area contributed by atoms with Gasteiger partial charge in [-0.3, -0.25) is 4.79 Å². The third kappa shape index (κ3) is 4.41. The van der Waals surface area contributed by atoms with Crippen LogP contribution in [0.2, 0.25) is 0 Å². The van der Waals surface area contributed by atoms with E-state index in [-0.39, 0.29) is 24.2 Å². The summed E-state index contributed by atoms with van der Waals surface area (Å²) in [5, 5.41) is 4.80. The number of hydrogen-bond donors (Lipinski definition) is 2. The van der Waals surface area contributed by atoms with E-state index in [0.717, 1.165) is 9.35 Å². The van der Waals surface area contributed by atoms with Crippen molar-refractivity contribution in [3.05, 3.63) is 20.8 Å². The molecule has 6 heteroatoms. The minimum Gasteiger partial charge on any atom is -0.350 e. The molecule has 0 spiro atoms. The molecule has 92 valence electrons. The Labute approximate surface area is 114 Å². The first-order chi connectivity index (χ1) is 7.02. The highest BCUT2D eigenvalue weighted by Crippen LogP contribution is 2.22. The van der Waals surface area contributed by atoms with E-state index in [9.17, 15) is 4.79 Å². The monoisotopic (exact) mass is 326 g/mol. The molecule has 3 nitrogen and oxygen atoms in total. The summed E-state index contributed by atoms with van der Waals surface area (Å²) < 4.78 is 1.03. The minimum absolute atomic E-state index is 0. The van der Waals surface area contributed by atoms with Crippen molar-refractivity contribution in [1.29, 1.82) is 0 Å². The van der Waals surface area contributed by atoms with Crippen molar-refractivity contribution in [2.24, 2.45) is 11.7 Å². The molecule has 0 saturated carbocycles. The largest absolute Gasteiger partial charge is 0.350 e. The third-order valence-electron chi connectivity index (χ3n) is 2.14. The second kappa shape index (κ2) is 7.27. The molecular formula is C10H16BrClN2OS. The van der Waals surface area contributed by atoms with Crippen molar-refractivity contribution in [3.8, 4) is 0 Å². The van der Waals surface area contributed by atoms with E-state index in [1.54, 1.807) is 11.3 Å². The van der Waals surface area contributed by atoms with Crippen molar-refractivity contribution in [3.63, 3.8) is 0 Å². The molecule has 1 atom stereocenters. The lowest BCUT2D eigenvalue weighted by Gasteiger charge is -2.14. The van der Waals surface area contributed by atoms with E-state index < -0.39 is 6.04 Å². The molecule has 3 N–H and O–H groups in total. The van der Waals surface area contributed by atoms with E-state index >= 15 is 0 Å². The fraction of sp³-hybridized carbons (Fsp3) is 0.500. The number of hydrogen-bond acceptors (Lipinski definition) is 3. The lowest BCUT2D eigenvalue weighted by Crippen LogP contribution is -2.43. The van der Waals surface area contributed by atoms with Gasteiger partial charge in [-0.25, -0.2) is 0 Å². The molecule has 0 radical (unpaired) electrons. The van der Waals surface area contributed by atoms with Gasteiger partial charge in [-0.05, 0) is 33.3 Å². The predicted molar refractivity (Wildman–Crippen MR) is 73.9 cm³/mol. The summed E-state index contributed by atoms with van der Waals surface area (Å²) in [6, 6.07) is 1.54. The van der Waals surface area contributed by atoms with E-state index in [2.05, 4.69) is 21.2 Å². The van der Waals surface area contributed by atoms with Gasteiger partial charge in [0.1, 0.15) is 0 Å². The van der Waals surface area contributed by atoms with Crippen LogP contribution in [0.5, 0.6) is 0 Å². The van der Waals surface area contributed by atoms with Gasteiger partial charge in [0.25, 0.3) is 0 Å². The molecule has 1 amide bonds. The van der Waals surface area contributed by atoms with E-state index in [0.29, 0.717) is 6.54 Å². The summed E-state index contributed by atoms with van der Waals surface area (Å²) in [6.45, 7) is 4.41. The molecule has 0 aliphatic heterocycles. The predicted octanol–water partition coefficient (Wildman–Crippen LogP) is 2.53. The van der Waals surface area contributed by atoms with Gasteiger partial charge in [-0.1, -0.05) is 13.8 Å². The number of nitrogens with two attached hydrogens (primary N) is 1. The SMILES string of the molecule is CC(C)[C@@H](N)C(=O)NCc1sccc1Br.Cl. The summed E-state index contributed by atoms with van der Waals surface area (Å²) in [4.78, 5) is 12.7. The first-order valence-corrected chi connectivity index (χ1v) is 6.44. The highest BCUT2D eigenvalue weighted by atomic mass is 79.9. The second-order valence-electron chi connectivity index (χ2n) is 3.68. The van der Waals surface area contributed by atoms with Crippen LogP contribution in [0.4, 0.5) is 0 Å².